The summed E-state index contributed by atoms with van der Waals surface area (Å²) >= 11 is 11.7. The first-order valence-electron chi connectivity index (χ1n) is 7.45. The van der Waals surface area contributed by atoms with Gasteiger partial charge in [-0.15, -0.1) is 0 Å². The number of amides is 1. The van der Waals surface area contributed by atoms with Gasteiger partial charge in [-0.3, -0.25) is 9.59 Å². The Bertz CT molecular complexity index is 542. The molecule has 6 heteroatoms. The van der Waals surface area contributed by atoms with Gasteiger partial charge in [-0.2, -0.15) is 0 Å². The van der Waals surface area contributed by atoms with E-state index in [-0.39, 0.29) is 17.1 Å². The van der Waals surface area contributed by atoms with Crippen molar-refractivity contribution in [3.8, 4) is 0 Å². The van der Waals surface area contributed by atoms with E-state index in [4.69, 9.17) is 27.9 Å². The fourth-order valence-corrected chi connectivity index (χ4v) is 3.03. The maximum absolute atomic E-state index is 11.9. The van der Waals surface area contributed by atoms with Crippen molar-refractivity contribution in [2.75, 3.05) is 13.2 Å². The highest BCUT2D eigenvalue weighted by Gasteiger charge is 2.16. The molecule has 0 saturated heterocycles. The van der Waals surface area contributed by atoms with Gasteiger partial charge in [-0.1, -0.05) is 42.5 Å². The Labute approximate surface area is 140 Å². The molecule has 0 bridgehead atoms. The van der Waals surface area contributed by atoms with Crippen molar-refractivity contribution in [1.82, 2.24) is 5.32 Å². The van der Waals surface area contributed by atoms with E-state index in [2.05, 4.69) is 5.32 Å². The molecule has 1 aromatic rings. The van der Waals surface area contributed by atoms with Crippen LogP contribution in [-0.4, -0.2) is 25.0 Å². The third-order valence-corrected chi connectivity index (χ3v) is 4.32. The van der Waals surface area contributed by atoms with Gasteiger partial charge in [0.1, 0.15) is 6.54 Å². The Balaban J connectivity index is 1.74. The van der Waals surface area contributed by atoms with E-state index in [0.717, 1.165) is 12.8 Å². The maximum atomic E-state index is 11.9. The summed E-state index contributed by atoms with van der Waals surface area (Å²) in [6, 6.07) is 4.58. The van der Waals surface area contributed by atoms with E-state index in [0.29, 0.717) is 17.5 Å². The van der Waals surface area contributed by atoms with Crippen LogP contribution >= 0.6 is 23.2 Å². The second-order valence-corrected chi connectivity index (χ2v) is 6.34. The van der Waals surface area contributed by atoms with Gasteiger partial charge in [0, 0.05) is 5.02 Å². The molecule has 1 aromatic carbocycles. The fraction of sp³-hybridized carbons (Fsp3) is 0.500. The number of ether oxygens (including phenoxy) is 1. The lowest BCUT2D eigenvalue weighted by Gasteiger charge is -2.21. The average molecular weight is 344 g/mol. The number of hydrogen-bond donors (Lipinski definition) is 1. The van der Waals surface area contributed by atoms with Crippen LogP contribution in [0.3, 0.4) is 0 Å². The molecule has 0 heterocycles. The first kappa shape index (κ1) is 17.1. The summed E-state index contributed by atoms with van der Waals surface area (Å²) < 4.78 is 5.21. The van der Waals surface area contributed by atoms with Crippen molar-refractivity contribution in [3.63, 3.8) is 0 Å². The van der Waals surface area contributed by atoms with Gasteiger partial charge >= 0.3 is 5.97 Å². The molecule has 1 N–H and O–H groups in total. The first-order chi connectivity index (χ1) is 10.6. The first-order valence-corrected chi connectivity index (χ1v) is 8.20. The molecule has 0 atom stereocenters. The normalized spacial score (nSPS) is 15.4. The minimum absolute atomic E-state index is 0.162. The lowest BCUT2D eigenvalue weighted by Crippen LogP contribution is -2.31. The van der Waals surface area contributed by atoms with Crippen molar-refractivity contribution >= 4 is 35.1 Å². The molecule has 4 nitrogen and oxygen atoms in total. The van der Waals surface area contributed by atoms with Crippen molar-refractivity contribution < 1.29 is 14.3 Å². The van der Waals surface area contributed by atoms with Gasteiger partial charge < -0.3 is 10.1 Å². The minimum atomic E-state index is -0.427. The Morgan fingerprint density at radius 2 is 1.91 bits per heavy atom. The molecular formula is C16H19Cl2NO3. The molecule has 22 heavy (non-hydrogen) atoms. The summed E-state index contributed by atoms with van der Waals surface area (Å²) in [6.45, 7) is 0.279. The molecule has 0 unspecified atom stereocenters. The molecule has 1 amide bonds. The van der Waals surface area contributed by atoms with E-state index in [1.165, 1.54) is 31.4 Å². The van der Waals surface area contributed by atoms with E-state index in [9.17, 15) is 9.59 Å². The highest BCUT2D eigenvalue weighted by atomic mass is 35.5. The van der Waals surface area contributed by atoms with Crippen LogP contribution in [0.2, 0.25) is 10.0 Å². The second-order valence-electron chi connectivity index (χ2n) is 5.49. The predicted molar refractivity (Wildman–Crippen MR) is 86.3 cm³/mol. The van der Waals surface area contributed by atoms with Gasteiger partial charge in [0.15, 0.2) is 0 Å². The summed E-state index contributed by atoms with van der Waals surface area (Å²) in [4.78, 5) is 23.6. The predicted octanol–water partition coefficient (Wildman–Crippen LogP) is 3.85. The third kappa shape index (κ3) is 5.18. The Kier molecular flexibility index (Phi) is 6.52. The zero-order chi connectivity index (χ0) is 15.9. The largest absolute Gasteiger partial charge is 0.464 e. The highest BCUT2D eigenvalue weighted by molar-refractivity contribution is 6.36. The number of halogens is 2. The second kappa shape index (κ2) is 8.39. The molecule has 0 aromatic heterocycles. The number of carbonyl (C=O) groups is 2. The topological polar surface area (TPSA) is 55.4 Å². The van der Waals surface area contributed by atoms with Gasteiger partial charge in [-0.05, 0) is 37.0 Å². The van der Waals surface area contributed by atoms with Gasteiger partial charge in [0.05, 0.1) is 17.2 Å². The Morgan fingerprint density at radius 3 is 2.59 bits per heavy atom. The van der Waals surface area contributed by atoms with Crippen LogP contribution in [0.15, 0.2) is 18.2 Å². The lowest BCUT2D eigenvalue weighted by atomic mass is 9.90. The maximum Gasteiger partial charge on any atom is 0.325 e. The Hall–Kier alpha value is -1.26. The van der Waals surface area contributed by atoms with E-state index >= 15 is 0 Å². The van der Waals surface area contributed by atoms with Crippen molar-refractivity contribution in [2.45, 2.75) is 32.1 Å². The smallest absolute Gasteiger partial charge is 0.325 e. The molecule has 120 valence electrons. The SMILES string of the molecule is O=C(CNC(=O)c1ccc(Cl)cc1Cl)OCC1CCCCC1. The number of esters is 1. The summed E-state index contributed by atoms with van der Waals surface area (Å²) in [6.07, 6.45) is 5.89. The minimum Gasteiger partial charge on any atom is -0.464 e. The van der Waals surface area contributed by atoms with Crippen LogP contribution in [0.5, 0.6) is 0 Å². The highest BCUT2D eigenvalue weighted by Crippen LogP contribution is 2.23. The van der Waals surface area contributed by atoms with Gasteiger partial charge in [0.25, 0.3) is 5.91 Å². The molecule has 0 radical (unpaired) electrons. The summed E-state index contributed by atoms with van der Waals surface area (Å²) in [5, 5.41) is 3.21. The number of carbonyl (C=O) groups excluding carboxylic acids is 2. The van der Waals surface area contributed by atoms with Crippen LogP contribution < -0.4 is 5.32 Å². The van der Waals surface area contributed by atoms with Gasteiger partial charge in [-0.25, -0.2) is 0 Å². The van der Waals surface area contributed by atoms with Crippen LogP contribution in [0.1, 0.15) is 42.5 Å². The van der Waals surface area contributed by atoms with E-state index < -0.39 is 11.9 Å². The van der Waals surface area contributed by atoms with Crippen LogP contribution in [0.25, 0.3) is 0 Å². The van der Waals surface area contributed by atoms with E-state index in [1.807, 2.05) is 0 Å². The average Bonchev–Trinajstić information content (AvgIpc) is 2.51. The standard InChI is InChI=1S/C16H19Cl2NO3/c17-12-6-7-13(14(18)8-12)16(21)19-9-15(20)22-10-11-4-2-1-3-5-11/h6-8,11H,1-5,9-10H2,(H,19,21). The van der Waals surface area contributed by atoms with Crippen molar-refractivity contribution in [2.24, 2.45) is 5.92 Å². The molecule has 1 aliphatic carbocycles. The summed E-state index contributed by atoms with van der Waals surface area (Å²) in [5.41, 5.74) is 0.283. The summed E-state index contributed by atoms with van der Waals surface area (Å²) in [5.74, 6) is -0.389. The summed E-state index contributed by atoms with van der Waals surface area (Å²) in [7, 11) is 0. The monoisotopic (exact) mass is 343 g/mol. The molecule has 2 rings (SSSR count). The zero-order valence-corrected chi connectivity index (χ0v) is 13.8. The van der Waals surface area contributed by atoms with Crippen LogP contribution in [0, 0.1) is 5.92 Å². The lowest BCUT2D eigenvalue weighted by molar-refractivity contribution is -0.144. The number of benzene rings is 1. The van der Waals surface area contributed by atoms with Crippen molar-refractivity contribution in [3.05, 3.63) is 33.8 Å². The van der Waals surface area contributed by atoms with E-state index in [1.54, 1.807) is 6.07 Å². The van der Waals surface area contributed by atoms with Crippen molar-refractivity contribution in [1.29, 1.82) is 0 Å². The zero-order valence-electron chi connectivity index (χ0n) is 12.2. The molecule has 1 fully saturated rings. The quantitative estimate of drug-likeness (QED) is 0.826. The number of nitrogens with one attached hydrogen (secondary N) is 1. The van der Waals surface area contributed by atoms with Crippen LogP contribution in [0.4, 0.5) is 0 Å². The molecular weight excluding hydrogens is 325 g/mol. The third-order valence-electron chi connectivity index (χ3n) is 3.77. The molecule has 1 saturated carbocycles. The number of rotatable bonds is 5. The van der Waals surface area contributed by atoms with Gasteiger partial charge in [0.2, 0.25) is 0 Å². The molecule has 1 aliphatic rings. The van der Waals surface area contributed by atoms with Crippen LogP contribution in [-0.2, 0) is 9.53 Å². The number of hydrogen-bond acceptors (Lipinski definition) is 3. The fourth-order valence-electron chi connectivity index (χ4n) is 2.54. The molecule has 0 aliphatic heterocycles. The molecule has 0 spiro atoms. The Morgan fingerprint density at radius 1 is 1.18 bits per heavy atom.